The summed E-state index contributed by atoms with van der Waals surface area (Å²) in [4.78, 5) is 12.8. The Hall–Kier alpha value is -3.19. The number of aromatic nitrogens is 3. The molecule has 3 aromatic carbocycles. The van der Waals surface area contributed by atoms with Crippen molar-refractivity contribution in [3.05, 3.63) is 161 Å². The zero-order valence-electron chi connectivity index (χ0n) is 20.8. The molecule has 0 saturated carbocycles. The molecule has 1 radical (unpaired) electrons. The molecule has 0 bridgehead atoms. The Morgan fingerprint density at radius 2 is 0.718 bits per heavy atom. The Bertz CT molecular complexity index is 1400. The summed E-state index contributed by atoms with van der Waals surface area (Å²) in [5.41, 5.74) is 6.47. The van der Waals surface area contributed by atoms with Crippen LogP contribution in [0.4, 0.5) is 0 Å². The molecule has 0 aliphatic rings. The van der Waals surface area contributed by atoms with E-state index in [1.54, 1.807) is 12.4 Å². The molecule has 0 unspecified atom stereocenters. The van der Waals surface area contributed by atoms with Gasteiger partial charge in [0.05, 0.1) is 17.1 Å². The van der Waals surface area contributed by atoms with Crippen LogP contribution in [0.25, 0.3) is 33.8 Å². The van der Waals surface area contributed by atoms with E-state index in [0.717, 1.165) is 42.7 Å². The maximum Gasteiger partial charge on any atom is 0.0702 e. The fourth-order valence-electron chi connectivity index (χ4n) is 3.51. The summed E-state index contributed by atoms with van der Waals surface area (Å²) in [6.07, 6.45) is 5.41. The molecule has 197 valence electrons. The SMILES string of the molecule is Brc1cccc(-c2ccccn2)c1.Brc1cccc(-c2ccccn2)c1.[Au].c1ccc(-c2ccccn2)cc1. The quantitative estimate of drug-likeness (QED) is 0.167. The topological polar surface area (TPSA) is 38.7 Å². The van der Waals surface area contributed by atoms with Crippen LogP contribution in [0, 0.1) is 0 Å². The summed E-state index contributed by atoms with van der Waals surface area (Å²) in [5, 5.41) is 0. The molecular weight excluding hydrogens is 795 g/mol. The Labute approximate surface area is 262 Å². The van der Waals surface area contributed by atoms with Crippen LogP contribution in [0.15, 0.2) is 161 Å². The summed E-state index contributed by atoms with van der Waals surface area (Å²) in [6, 6.07) is 44.1. The third kappa shape index (κ3) is 10.1. The van der Waals surface area contributed by atoms with Gasteiger partial charge < -0.3 is 0 Å². The van der Waals surface area contributed by atoms with E-state index in [9.17, 15) is 0 Å². The molecule has 0 aliphatic carbocycles. The molecule has 3 heterocycles. The Balaban J connectivity index is 0.000000160. The second-order valence-corrected chi connectivity index (χ2v) is 9.86. The molecule has 0 atom stereocenters. The molecular formula is C33H25AuBr2N3. The normalized spacial score (nSPS) is 9.59. The molecule has 39 heavy (non-hydrogen) atoms. The van der Waals surface area contributed by atoms with Crippen molar-refractivity contribution in [1.29, 1.82) is 0 Å². The number of halogens is 2. The van der Waals surface area contributed by atoms with Gasteiger partial charge in [-0.3, -0.25) is 15.0 Å². The van der Waals surface area contributed by atoms with Crippen molar-refractivity contribution in [2.75, 3.05) is 0 Å². The molecule has 3 nitrogen and oxygen atoms in total. The Kier molecular flexibility index (Phi) is 13.0. The van der Waals surface area contributed by atoms with Crippen LogP contribution >= 0.6 is 31.9 Å². The zero-order valence-corrected chi connectivity index (χ0v) is 26.2. The molecule has 0 saturated heterocycles. The van der Waals surface area contributed by atoms with E-state index in [1.807, 2.05) is 115 Å². The largest absolute Gasteiger partial charge is 0.256 e. The predicted molar refractivity (Wildman–Crippen MR) is 164 cm³/mol. The first-order valence-corrected chi connectivity index (χ1v) is 13.6. The van der Waals surface area contributed by atoms with Crippen LogP contribution in [-0.2, 0) is 22.4 Å². The van der Waals surface area contributed by atoms with Gasteiger partial charge in [0.1, 0.15) is 0 Å². The first kappa shape index (κ1) is 30.4. The maximum absolute atomic E-state index is 4.27. The van der Waals surface area contributed by atoms with Crippen molar-refractivity contribution in [3.63, 3.8) is 0 Å². The summed E-state index contributed by atoms with van der Waals surface area (Å²) < 4.78 is 2.16. The van der Waals surface area contributed by atoms with E-state index < -0.39 is 0 Å². The van der Waals surface area contributed by atoms with Crippen molar-refractivity contribution in [1.82, 2.24) is 15.0 Å². The fraction of sp³-hybridized carbons (Fsp3) is 0. The number of hydrogen-bond donors (Lipinski definition) is 0. The summed E-state index contributed by atoms with van der Waals surface area (Å²) in [6.45, 7) is 0. The number of rotatable bonds is 3. The summed E-state index contributed by atoms with van der Waals surface area (Å²) in [7, 11) is 0. The van der Waals surface area contributed by atoms with Crippen LogP contribution in [-0.4, -0.2) is 15.0 Å². The van der Waals surface area contributed by atoms with E-state index in [-0.39, 0.29) is 22.4 Å². The predicted octanol–water partition coefficient (Wildman–Crippen LogP) is 9.77. The van der Waals surface area contributed by atoms with E-state index in [1.165, 1.54) is 0 Å². The van der Waals surface area contributed by atoms with Gasteiger partial charge in [-0.25, -0.2) is 0 Å². The summed E-state index contributed by atoms with van der Waals surface area (Å²) >= 11 is 6.86. The van der Waals surface area contributed by atoms with Crippen LogP contribution in [0.1, 0.15) is 0 Å². The number of hydrogen-bond acceptors (Lipinski definition) is 3. The second-order valence-electron chi connectivity index (χ2n) is 8.03. The van der Waals surface area contributed by atoms with Gasteiger partial charge in [-0.05, 0) is 60.7 Å². The van der Waals surface area contributed by atoms with E-state index in [0.29, 0.717) is 0 Å². The molecule has 0 aliphatic heterocycles. The van der Waals surface area contributed by atoms with Crippen molar-refractivity contribution >= 4 is 31.9 Å². The van der Waals surface area contributed by atoms with Gasteiger partial charge in [0.15, 0.2) is 0 Å². The number of nitrogens with zero attached hydrogens (tertiary/aromatic N) is 3. The van der Waals surface area contributed by atoms with Crippen LogP contribution in [0.2, 0.25) is 0 Å². The molecule has 6 rings (SSSR count). The third-order valence-electron chi connectivity index (χ3n) is 5.30. The molecule has 6 heteroatoms. The number of benzene rings is 3. The van der Waals surface area contributed by atoms with Gasteiger partial charge in [-0.2, -0.15) is 0 Å². The maximum atomic E-state index is 4.27. The zero-order chi connectivity index (χ0) is 26.4. The molecule has 0 amide bonds. The second kappa shape index (κ2) is 16.7. The minimum atomic E-state index is 0. The Morgan fingerprint density at radius 3 is 1.08 bits per heavy atom. The fourth-order valence-corrected chi connectivity index (χ4v) is 4.30. The van der Waals surface area contributed by atoms with E-state index >= 15 is 0 Å². The van der Waals surface area contributed by atoms with Gasteiger partial charge in [-0.1, -0.05) is 105 Å². The average Bonchev–Trinajstić information content (AvgIpc) is 3.00. The molecule has 0 fully saturated rings. The monoisotopic (exact) mass is 818 g/mol. The first-order valence-electron chi connectivity index (χ1n) is 12.0. The van der Waals surface area contributed by atoms with Gasteiger partial charge in [0, 0.05) is 66.6 Å². The molecule has 6 aromatic rings. The van der Waals surface area contributed by atoms with Gasteiger partial charge in [-0.15, -0.1) is 0 Å². The molecule has 3 aromatic heterocycles. The molecule has 0 N–H and O–H groups in total. The minimum absolute atomic E-state index is 0. The van der Waals surface area contributed by atoms with E-state index in [2.05, 4.69) is 71.1 Å². The van der Waals surface area contributed by atoms with Crippen LogP contribution in [0.3, 0.4) is 0 Å². The van der Waals surface area contributed by atoms with Crippen LogP contribution < -0.4 is 0 Å². The van der Waals surface area contributed by atoms with Gasteiger partial charge >= 0.3 is 0 Å². The number of pyridine rings is 3. The van der Waals surface area contributed by atoms with Crippen molar-refractivity contribution in [3.8, 4) is 33.8 Å². The molecule has 0 spiro atoms. The Morgan fingerprint density at radius 1 is 0.359 bits per heavy atom. The van der Waals surface area contributed by atoms with Gasteiger partial charge in [0.2, 0.25) is 0 Å². The standard InChI is InChI=1S/2C11H8BrN.C11H9N.Au/c2*12-10-5-3-4-9(8-10)11-6-1-2-7-13-11;1-2-6-10(7-3-1)11-8-4-5-9-12-11;/h2*1-8H;1-9H;. The van der Waals surface area contributed by atoms with Crippen molar-refractivity contribution in [2.45, 2.75) is 0 Å². The van der Waals surface area contributed by atoms with Gasteiger partial charge in [0.25, 0.3) is 0 Å². The average molecular weight is 820 g/mol. The summed E-state index contributed by atoms with van der Waals surface area (Å²) in [5.74, 6) is 0. The first-order chi connectivity index (χ1) is 18.7. The van der Waals surface area contributed by atoms with E-state index in [4.69, 9.17) is 0 Å². The minimum Gasteiger partial charge on any atom is -0.256 e. The van der Waals surface area contributed by atoms with Crippen LogP contribution in [0.5, 0.6) is 0 Å². The van der Waals surface area contributed by atoms with Crippen molar-refractivity contribution < 1.29 is 22.4 Å². The third-order valence-corrected chi connectivity index (χ3v) is 6.29. The smallest absolute Gasteiger partial charge is 0.0702 e. The van der Waals surface area contributed by atoms with Crippen molar-refractivity contribution in [2.24, 2.45) is 0 Å².